The summed E-state index contributed by atoms with van der Waals surface area (Å²) < 4.78 is 8.56. The van der Waals surface area contributed by atoms with Crippen molar-refractivity contribution in [1.29, 1.82) is 5.26 Å². The number of carbonyl (C=O) groups is 1. The molecule has 0 radical (unpaired) electrons. The highest BCUT2D eigenvalue weighted by molar-refractivity contribution is 5.94. The smallest absolute Gasteiger partial charge is 0.355 e. The average molecular weight is 231 g/mol. The van der Waals surface area contributed by atoms with Crippen LogP contribution in [0.2, 0.25) is 0 Å². The van der Waals surface area contributed by atoms with Crippen LogP contribution in [0, 0.1) is 11.3 Å². The van der Waals surface area contributed by atoms with Crippen molar-refractivity contribution in [2.45, 2.75) is 13.5 Å². The van der Waals surface area contributed by atoms with Gasteiger partial charge >= 0.3 is 5.97 Å². The largest absolute Gasteiger partial charge is 0.461 e. The predicted molar refractivity (Wildman–Crippen MR) is 62.5 cm³/mol. The van der Waals surface area contributed by atoms with E-state index in [9.17, 15) is 4.79 Å². The van der Waals surface area contributed by atoms with E-state index in [0.29, 0.717) is 12.3 Å². The Morgan fingerprint density at radius 1 is 1.53 bits per heavy atom. The Morgan fingerprint density at radius 3 is 2.94 bits per heavy atom. The minimum Gasteiger partial charge on any atom is -0.461 e. The van der Waals surface area contributed by atoms with Crippen LogP contribution in [0.3, 0.4) is 0 Å². The summed E-state index contributed by atoms with van der Waals surface area (Å²) in [6.45, 7) is 2.23. The second-order valence-electron chi connectivity index (χ2n) is 3.69. The fourth-order valence-corrected chi connectivity index (χ4v) is 1.89. The van der Waals surface area contributed by atoms with E-state index >= 15 is 0 Å². The molecule has 0 aliphatic carbocycles. The van der Waals surface area contributed by atoms with Crippen molar-refractivity contribution >= 4 is 17.0 Å². The summed E-state index contributed by atoms with van der Waals surface area (Å²) in [6.07, 6.45) is 1.90. The molecule has 2 aromatic heterocycles. The number of nitriles is 1. The predicted octanol–water partition coefficient (Wildman–Crippen LogP) is 1.68. The van der Waals surface area contributed by atoms with Crippen LogP contribution in [0.5, 0.6) is 0 Å². The van der Waals surface area contributed by atoms with Crippen molar-refractivity contribution in [2.24, 2.45) is 7.05 Å². The molecule has 5 nitrogen and oxygen atoms in total. The lowest BCUT2D eigenvalue weighted by Gasteiger charge is -2.04. The average Bonchev–Trinajstić information content (AvgIpc) is 2.82. The van der Waals surface area contributed by atoms with Crippen molar-refractivity contribution in [3.63, 3.8) is 0 Å². The number of nitrogens with zero attached hydrogens (tertiary/aromatic N) is 3. The Hall–Kier alpha value is -2.22. The monoisotopic (exact) mass is 231 g/mol. The van der Waals surface area contributed by atoms with Crippen molar-refractivity contribution < 1.29 is 9.53 Å². The molecule has 0 aromatic carbocycles. The highest BCUT2D eigenvalue weighted by Gasteiger charge is 2.17. The van der Waals surface area contributed by atoms with Crippen molar-refractivity contribution in [3.8, 4) is 6.07 Å². The minimum atomic E-state index is -0.390. The molecule has 88 valence electrons. The molecule has 0 spiro atoms. The standard InChI is InChI=1S/C12H13N3O2/c1-3-17-12(16)11-8-10-9(4-6-14(10)2)15(11)7-5-13/h4,6,8H,3,7H2,1-2H3. The number of aromatic nitrogens is 2. The lowest BCUT2D eigenvalue weighted by molar-refractivity contribution is 0.0515. The Kier molecular flexibility index (Phi) is 2.88. The number of fused-ring (bicyclic) bond motifs is 1. The lowest BCUT2D eigenvalue weighted by atomic mass is 10.4. The first-order chi connectivity index (χ1) is 8.19. The fraction of sp³-hybridized carbons (Fsp3) is 0.333. The van der Waals surface area contributed by atoms with Crippen molar-refractivity contribution in [1.82, 2.24) is 9.13 Å². The zero-order valence-corrected chi connectivity index (χ0v) is 9.80. The molecule has 2 rings (SSSR count). The first kappa shape index (κ1) is 11.3. The Morgan fingerprint density at radius 2 is 2.29 bits per heavy atom. The van der Waals surface area contributed by atoms with Crippen LogP contribution in [0.1, 0.15) is 17.4 Å². The molecular weight excluding hydrogens is 218 g/mol. The topological polar surface area (TPSA) is 59.9 Å². The summed E-state index contributed by atoms with van der Waals surface area (Å²) in [5, 5.41) is 8.81. The molecule has 0 bridgehead atoms. The second kappa shape index (κ2) is 4.34. The van der Waals surface area contributed by atoms with E-state index in [1.54, 1.807) is 17.6 Å². The van der Waals surface area contributed by atoms with Gasteiger partial charge in [0.25, 0.3) is 0 Å². The molecule has 2 heterocycles. The molecule has 0 amide bonds. The van der Waals surface area contributed by atoms with Gasteiger partial charge in [-0.05, 0) is 19.1 Å². The molecule has 0 aliphatic heterocycles. The normalized spacial score (nSPS) is 10.4. The zero-order chi connectivity index (χ0) is 12.4. The third-order valence-corrected chi connectivity index (χ3v) is 2.67. The van der Waals surface area contributed by atoms with Crippen LogP contribution in [-0.2, 0) is 18.3 Å². The van der Waals surface area contributed by atoms with Gasteiger partial charge in [0.05, 0.1) is 23.7 Å². The third-order valence-electron chi connectivity index (χ3n) is 2.67. The molecule has 0 fully saturated rings. The molecule has 0 atom stereocenters. The first-order valence-electron chi connectivity index (χ1n) is 5.37. The second-order valence-corrected chi connectivity index (χ2v) is 3.69. The molecule has 0 saturated carbocycles. The molecule has 0 saturated heterocycles. The van der Waals surface area contributed by atoms with E-state index in [0.717, 1.165) is 11.0 Å². The molecule has 0 unspecified atom stereocenters. The maximum Gasteiger partial charge on any atom is 0.355 e. The number of esters is 1. The van der Waals surface area contributed by atoms with Crippen LogP contribution in [0.4, 0.5) is 0 Å². The van der Waals surface area contributed by atoms with Gasteiger partial charge in [-0.1, -0.05) is 0 Å². The first-order valence-corrected chi connectivity index (χ1v) is 5.37. The van der Waals surface area contributed by atoms with Crippen molar-refractivity contribution in [2.75, 3.05) is 6.61 Å². The number of carbonyl (C=O) groups excluding carboxylic acids is 1. The van der Waals surface area contributed by atoms with Gasteiger partial charge in [0.2, 0.25) is 0 Å². The van der Waals surface area contributed by atoms with Gasteiger partial charge in [0.1, 0.15) is 12.2 Å². The van der Waals surface area contributed by atoms with Gasteiger partial charge in [-0.3, -0.25) is 0 Å². The van der Waals surface area contributed by atoms with Crippen LogP contribution in [0.15, 0.2) is 18.3 Å². The van der Waals surface area contributed by atoms with Gasteiger partial charge in [0.15, 0.2) is 0 Å². The lowest BCUT2D eigenvalue weighted by Crippen LogP contribution is -2.11. The van der Waals surface area contributed by atoms with E-state index in [1.807, 2.05) is 23.9 Å². The van der Waals surface area contributed by atoms with E-state index in [2.05, 4.69) is 6.07 Å². The molecule has 5 heteroatoms. The van der Waals surface area contributed by atoms with Gasteiger partial charge in [-0.25, -0.2) is 4.79 Å². The maximum atomic E-state index is 11.8. The maximum absolute atomic E-state index is 11.8. The highest BCUT2D eigenvalue weighted by Crippen LogP contribution is 2.21. The summed E-state index contributed by atoms with van der Waals surface area (Å²) in [4.78, 5) is 11.8. The number of hydrogen-bond acceptors (Lipinski definition) is 3. The summed E-state index contributed by atoms with van der Waals surface area (Å²) in [5.41, 5.74) is 2.22. The van der Waals surface area contributed by atoms with Crippen LogP contribution in [0.25, 0.3) is 11.0 Å². The minimum absolute atomic E-state index is 0.141. The molecule has 2 aromatic rings. The Balaban J connectivity index is 2.58. The molecule has 0 N–H and O–H groups in total. The van der Waals surface area contributed by atoms with Gasteiger partial charge < -0.3 is 13.9 Å². The van der Waals surface area contributed by atoms with E-state index in [-0.39, 0.29) is 12.5 Å². The Labute approximate surface area is 98.8 Å². The molecular formula is C12H13N3O2. The quantitative estimate of drug-likeness (QED) is 0.755. The SMILES string of the molecule is CCOC(=O)c1cc2c(ccn2C)n1CC#N. The number of aryl methyl sites for hydroxylation is 1. The van der Waals surface area contributed by atoms with E-state index in [1.165, 1.54) is 0 Å². The molecule has 17 heavy (non-hydrogen) atoms. The van der Waals surface area contributed by atoms with Crippen LogP contribution in [-0.4, -0.2) is 21.7 Å². The van der Waals surface area contributed by atoms with Crippen LogP contribution >= 0.6 is 0 Å². The van der Waals surface area contributed by atoms with E-state index < -0.39 is 0 Å². The summed E-state index contributed by atoms with van der Waals surface area (Å²) in [6, 6.07) is 5.69. The highest BCUT2D eigenvalue weighted by atomic mass is 16.5. The fourth-order valence-electron chi connectivity index (χ4n) is 1.89. The van der Waals surface area contributed by atoms with Gasteiger partial charge in [-0.15, -0.1) is 0 Å². The van der Waals surface area contributed by atoms with Gasteiger partial charge in [-0.2, -0.15) is 5.26 Å². The summed E-state index contributed by atoms with van der Waals surface area (Å²) >= 11 is 0. The number of ether oxygens (including phenoxy) is 1. The van der Waals surface area contributed by atoms with Gasteiger partial charge in [0, 0.05) is 13.2 Å². The van der Waals surface area contributed by atoms with E-state index in [4.69, 9.17) is 10.00 Å². The summed E-state index contributed by atoms with van der Waals surface area (Å²) in [7, 11) is 1.90. The zero-order valence-electron chi connectivity index (χ0n) is 9.80. The Bertz CT molecular complexity index is 601. The molecule has 0 aliphatic rings. The van der Waals surface area contributed by atoms with Crippen LogP contribution < -0.4 is 0 Å². The number of hydrogen-bond donors (Lipinski definition) is 0. The number of rotatable bonds is 3. The van der Waals surface area contributed by atoms with Crippen molar-refractivity contribution in [3.05, 3.63) is 24.0 Å². The third kappa shape index (κ3) is 1.78. The summed E-state index contributed by atoms with van der Waals surface area (Å²) in [5.74, 6) is -0.390.